The van der Waals surface area contributed by atoms with Crippen LogP contribution in [0.1, 0.15) is 25.0 Å². The number of aromatic amines is 1. The number of hydrogen-bond acceptors (Lipinski definition) is 7. The smallest absolute Gasteiger partial charge is 0.277 e. The molecule has 1 aliphatic heterocycles. The molecule has 146 valence electrons. The van der Waals surface area contributed by atoms with E-state index in [-0.39, 0.29) is 23.7 Å². The molecule has 3 heterocycles. The summed E-state index contributed by atoms with van der Waals surface area (Å²) < 4.78 is 11.1. The molecule has 1 aromatic carbocycles. The fourth-order valence-electron chi connectivity index (χ4n) is 3.63. The number of hydrogen-bond donors (Lipinski definition) is 1. The van der Waals surface area contributed by atoms with Gasteiger partial charge in [0.05, 0.1) is 18.4 Å². The third-order valence-corrected chi connectivity index (χ3v) is 4.80. The molecule has 1 aliphatic rings. The fourth-order valence-corrected chi connectivity index (χ4v) is 3.63. The predicted molar refractivity (Wildman–Crippen MR) is 104 cm³/mol. The summed E-state index contributed by atoms with van der Waals surface area (Å²) in [4.78, 5) is 18.8. The number of H-pyrrole nitrogens is 1. The quantitative estimate of drug-likeness (QED) is 0.741. The number of rotatable bonds is 4. The molecule has 0 saturated carbocycles. The summed E-state index contributed by atoms with van der Waals surface area (Å²) in [6.07, 6.45) is 2.06. The summed E-state index contributed by atoms with van der Waals surface area (Å²) in [6.45, 7) is 8.73. The van der Waals surface area contributed by atoms with Crippen molar-refractivity contribution in [1.82, 2.24) is 25.2 Å². The highest BCUT2D eigenvalue weighted by Gasteiger charge is 2.22. The SMILES string of the molecule is Cc1cn[nH]c(=O)c1-c1nc(-c2ccc(CN3CC(C)OC(C)C3)cc2)no1. The van der Waals surface area contributed by atoms with Gasteiger partial charge in [-0.1, -0.05) is 29.4 Å². The zero-order chi connectivity index (χ0) is 19.7. The van der Waals surface area contributed by atoms with Gasteiger partial charge >= 0.3 is 0 Å². The fraction of sp³-hybridized carbons (Fsp3) is 0.400. The van der Waals surface area contributed by atoms with E-state index in [2.05, 4.69) is 51.2 Å². The number of nitrogens with zero attached hydrogens (tertiary/aromatic N) is 4. The Hall–Kier alpha value is -2.84. The Bertz CT molecular complexity index is 1000. The molecule has 1 N–H and O–H groups in total. The number of ether oxygens (including phenoxy) is 1. The van der Waals surface area contributed by atoms with E-state index in [1.165, 1.54) is 5.56 Å². The first-order valence-electron chi connectivity index (χ1n) is 9.35. The van der Waals surface area contributed by atoms with Crippen molar-refractivity contribution < 1.29 is 9.26 Å². The number of aryl methyl sites for hydroxylation is 1. The van der Waals surface area contributed by atoms with Crippen LogP contribution >= 0.6 is 0 Å². The standard InChI is InChI=1S/C20H23N5O3/c1-12-8-21-23-19(26)17(12)20-22-18(24-28-20)16-6-4-15(5-7-16)11-25-9-13(2)27-14(3)10-25/h4-8,13-14H,9-11H2,1-3H3,(H,23,26). The molecule has 2 aromatic heterocycles. The highest BCUT2D eigenvalue weighted by Crippen LogP contribution is 2.23. The summed E-state index contributed by atoms with van der Waals surface area (Å²) >= 11 is 0. The highest BCUT2D eigenvalue weighted by atomic mass is 16.5. The topological polar surface area (TPSA) is 97.1 Å². The first kappa shape index (κ1) is 18.5. The van der Waals surface area contributed by atoms with Gasteiger partial charge in [0.15, 0.2) is 0 Å². The van der Waals surface area contributed by atoms with Crippen molar-refractivity contribution in [3.63, 3.8) is 0 Å². The summed E-state index contributed by atoms with van der Waals surface area (Å²) in [5, 5.41) is 10.2. The largest absolute Gasteiger partial charge is 0.373 e. The van der Waals surface area contributed by atoms with Crippen molar-refractivity contribution in [2.45, 2.75) is 39.5 Å². The van der Waals surface area contributed by atoms with Crippen LogP contribution < -0.4 is 5.56 Å². The van der Waals surface area contributed by atoms with Crippen LogP contribution in [0.15, 0.2) is 39.8 Å². The molecule has 8 nitrogen and oxygen atoms in total. The molecule has 2 unspecified atom stereocenters. The Morgan fingerprint density at radius 3 is 2.57 bits per heavy atom. The number of nitrogens with one attached hydrogen (secondary N) is 1. The number of aromatic nitrogens is 4. The van der Waals surface area contributed by atoms with Gasteiger partial charge in [-0.15, -0.1) is 0 Å². The Morgan fingerprint density at radius 2 is 1.89 bits per heavy atom. The van der Waals surface area contributed by atoms with Crippen LogP contribution in [0.5, 0.6) is 0 Å². The van der Waals surface area contributed by atoms with Gasteiger partial charge in [0.1, 0.15) is 5.56 Å². The van der Waals surface area contributed by atoms with Gasteiger partial charge in [-0.2, -0.15) is 10.1 Å². The van der Waals surface area contributed by atoms with Crippen LogP contribution in [0.25, 0.3) is 22.8 Å². The zero-order valence-corrected chi connectivity index (χ0v) is 16.2. The van der Waals surface area contributed by atoms with Crippen LogP contribution in [0, 0.1) is 6.92 Å². The monoisotopic (exact) mass is 381 g/mol. The van der Waals surface area contributed by atoms with Crippen LogP contribution in [-0.4, -0.2) is 50.5 Å². The average Bonchev–Trinajstić information content (AvgIpc) is 3.11. The maximum Gasteiger partial charge on any atom is 0.277 e. The minimum absolute atomic E-state index is 0.191. The van der Waals surface area contributed by atoms with Gasteiger partial charge in [0.25, 0.3) is 11.4 Å². The third kappa shape index (κ3) is 3.88. The van der Waals surface area contributed by atoms with Gasteiger partial charge in [-0.05, 0) is 31.9 Å². The molecule has 28 heavy (non-hydrogen) atoms. The van der Waals surface area contributed by atoms with Gasteiger partial charge in [0.2, 0.25) is 5.82 Å². The second kappa shape index (κ2) is 7.65. The molecule has 4 rings (SSSR count). The predicted octanol–water partition coefficient (Wildman–Crippen LogP) is 2.40. The van der Waals surface area contributed by atoms with Crippen LogP contribution in [0.3, 0.4) is 0 Å². The second-order valence-corrected chi connectivity index (χ2v) is 7.33. The Morgan fingerprint density at radius 1 is 1.18 bits per heavy atom. The van der Waals surface area contributed by atoms with E-state index in [9.17, 15) is 4.79 Å². The lowest BCUT2D eigenvalue weighted by atomic mass is 10.1. The lowest BCUT2D eigenvalue weighted by molar-refractivity contribution is -0.0704. The maximum absolute atomic E-state index is 12.0. The van der Waals surface area contributed by atoms with Crippen molar-refractivity contribution in [2.24, 2.45) is 0 Å². The highest BCUT2D eigenvalue weighted by molar-refractivity contribution is 5.61. The minimum atomic E-state index is -0.348. The molecule has 3 aromatic rings. The molecule has 0 radical (unpaired) electrons. The molecule has 1 saturated heterocycles. The Balaban J connectivity index is 1.50. The lowest BCUT2D eigenvalue weighted by Crippen LogP contribution is -2.44. The molecule has 0 spiro atoms. The molecule has 0 aliphatic carbocycles. The lowest BCUT2D eigenvalue weighted by Gasteiger charge is -2.35. The van der Waals surface area contributed by atoms with E-state index in [4.69, 9.17) is 9.26 Å². The van der Waals surface area contributed by atoms with Gasteiger partial charge in [-0.25, -0.2) is 5.10 Å². The first-order valence-corrected chi connectivity index (χ1v) is 9.35. The van der Waals surface area contributed by atoms with E-state index < -0.39 is 0 Å². The van der Waals surface area contributed by atoms with Crippen LogP contribution in [0.4, 0.5) is 0 Å². The molecule has 0 amide bonds. The molecular formula is C20H23N5O3. The molecule has 1 fully saturated rings. The van der Waals surface area contributed by atoms with Gasteiger partial charge < -0.3 is 9.26 Å². The molecular weight excluding hydrogens is 358 g/mol. The van der Waals surface area contributed by atoms with E-state index in [1.807, 2.05) is 12.1 Å². The summed E-state index contributed by atoms with van der Waals surface area (Å²) in [7, 11) is 0. The first-order chi connectivity index (χ1) is 13.5. The van der Waals surface area contributed by atoms with Crippen LogP contribution in [-0.2, 0) is 11.3 Å². The Labute approximate surface area is 162 Å². The summed E-state index contributed by atoms with van der Waals surface area (Å²) in [5.41, 5.74) is 2.74. The van der Waals surface area contributed by atoms with Gasteiger partial charge in [0, 0.05) is 25.2 Å². The normalized spacial score (nSPS) is 20.4. The zero-order valence-electron chi connectivity index (χ0n) is 16.2. The van der Waals surface area contributed by atoms with Crippen molar-refractivity contribution in [3.05, 3.63) is 51.9 Å². The molecule has 0 bridgehead atoms. The van der Waals surface area contributed by atoms with Crippen molar-refractivity contribution in [2.75, 3.05) is 13.1 Å². The maximum atomic E-state index is 12.0. The van der Waals surface area contributed by atoms with Crippen molar-refractivity contribution in [3.8, 4) is 22.8 Å². The second-order valence-electron chi connectivity index (χ2n) is 7.33. The van der Waals surface area contributed by atoms with Crippen LogP contribution in [0.2, 0.25) is 0 Å². The Kier molecular flexibility index (Phi) is 5.06. The van der Waals surface area contributed by atoms with E-state index in [0.29, 0.717) is 17.0 Å². The molecule has 2 atom stereocenters. The number of morpholine rings is 1. The van der Waals surface area contributed by atoms with E-state index in [1.54, 1.807) is 13.1 Å². The molecule has 8 heteroatoms. The van der Waals surface area contributed by atoms with Crippen molar-refractivity contribution >= 4 is 0 Å². The van der Waals surface area contributed by atoms with E-state index in [0.717, 1.165) is 25.2 Å². The summed E-state index contributed by atoms with van der Waals surface area (Å²) in [5.74, 6) is 0.641. The van der Waals surface area contributed by atoms with Gasteiger partial charge in [-0.3, -0.25) is 9.69 Å². The third-order valence-electron chi connectivity index (χ3n) is 4.80. The number of benzene rings is 1. The summed E-state index contributed by atoms with van der Waals surface area (Å²) in [6, 6.07) is 8.09. The average molecular weight is 381 g/mol. The van der Waals surface area contributed by atoms with E-state index >= 15 is 0 Å². The minimum Gasteiger partial charge on any atom is -0.373 e. The van der Waals surface area contributed by atoms with Crippen molar-refractivity contribution in [1.29, 1.82) is 0 Å².